The summed E-state index contributed by atoms with van der Waals surface area (Å²) in [5.41, 5.74) is 2.92. The van der Waals surface area contributed by atoms with E-state index in [1.165, 1.54) is 19.3 Å². The summed E-state index contributed by atoms with van der Waals surface area (Å²) in [7, 11) is 0. The molecule has 0 aromatic rings. The predicted molar refractivity (Wildman–Crippen MR) is 58.8 cm³/mol. The second-order valence-electron chi connectivity index (χ2n) is 4.52. The zero-order valence-electron chi connectivity index (χ0n) is 9.62. The van der Waals surface area contributed by atoms with Crippen LogP contribution in [0.5, 0.6) is 0 Å². The Hall–Kier alpha value is -0.120. The van der Waals surface area contributed by atoms with E-state index in [-0.39, 0.29) is 0 Å². The van der Waals surface area contributed by atoms with Crippen molar-refractivity contribution in [1.29, 1.82) is 0 Å². The van der Waals surface area contributed by atoms with Gasteiger partial charge in [-0.05, 0) is 32.1 Å². The SMILES string of the molecule is CCCC(C)C(NN)C1CCC(C)O1. The standard InChI is InChI=1S/C11H24N2O/c1-4-5-8(2)11(13-12)10-7-6-9(3)14-10/h8-11,13H,4-7,12H2,1-3H3. The zero-order chi connectivity index (χ0) is 10.6. The summed E-state index contributed by atoms with van der Waals surface area (Å²) in [4.78, 5) is 0. The van der Waals surface area contributed by atoms with Crippen LogP contribution in [0.25, 0.3) is 0 Å². The first-order valence-electron chi connectivity index (χ1n) is 5.80. The summed E-state index contributed by atoms with van der Waals surface area (Å²) in [5.74, 6) is 6.20. The summed E-state index contributed by atoms with van der Waals surface area (Å²) in [6.45, 7) is 6.60. The van der Waals surface area contributed by atoms with Gasteiger partial charge in [0.2, 0.25) is 0 Å². The second-order valence-corrected chi connectivity index (χ2v) is 4.52. The molecule has 0 spiro atoms. The van der Waals surface area contributed by atoms with Crippen LogP contribution in [0.4, 0.5) is 0 Å². The molecule has 0 radical (unpaired) electrons. The Morgan fingerprint density at radius 2 is 2.21 bits per heavy atom. The van der Waals surface area contributed by atoms with Gasteiger partial charge in [0, 0.05) is 6.04 Å². The molecule has 1 saturated heterocycles. The first-order chi connectivity index (χ1) is 6.69. The fourth-order valence-electron chi connectivity index (χ4n) is 2.37. The van der Waals surface area contributed by atoms with Gasteiger partial charge in [0.05, 0.1) is 12.2 Å². The lowest BCUT2D eigenvalue weighted by Gasteiger charge is -2.28. The van der Waals surface area contributed by atoms with Crippen LogP contribution >= 0.6 is 0 Å². The van der Waals surface area contributed by atoms with E-state index in [4.69, 9.17) is 10.6 Å². The van der Waals surface area contributed by atoms with Crippen LogP contribution in [0.3, 0.4) is 0 Å². The van der Waals surface area contributed by atoms with E-state index in [2.05, 4.69) is 26.2 Å². The third-order valence-electron chi connectivity index (χ3n) is 3.21. The predicted octanol–water partition coefficient (Wildman–Crippen LogP) is 1.82. The molecule has 0 aliphatic carbocycles. The lowest BCUT2D eigenvalue weighted by atomic mass is 9.92. The van der Waals surface area contributed by atoms with Crippen molar-refractivity contribution in [1.82, 2.24) is 5.43 Å². The summed E-state index contributed by atoms with van der Waals surface area (Å²) in [6.07, 6.45) is 5.46. The molecule has 3 N–H and O–H groups in total. The van der Waals surface area contributed by atoms with Gasteiger partial charge in [0.15, 0.2) is 0 Å². The first-order valence-corrected chi connectivity index (χ1v) is 5.80. The molecule has 4 atom stereocenters. The molecule has 1 aliphatic rings. The van der Waals surface area contributed by atoms with Gasteiger partial charge in [-0.3, -0.25) is 11.3 Å². The van der Waals surface area contributed by atoms with Crippen molar-refractivity contribution >= 4 is 0 Å². The van der Waals surface area contributed by atoms with E-state index in [0.717, 1.165) is 6.42 Å². The van der Waals surface area contributed by atoms with Gasteiger partial charge in [-0.25, -0.2) is 0 Å². The molecule has 1 fully saturated rings. The average Bonchev–Trinajstić information content (AvgIpc) is 2.54. The Morgan fingerprint density at radius 1 is 1.50 bits per heavy atom. The minimum atomic E-state index is 0.316. The van der Waals surface area contributed by atoms with E-state index in [0.29, 0.717) is 24.2 Å². The van der Waals surface area contributed by atoms with Crippen LogP contribution in [-0.2, 0) is 4.74 Å². The van der Waals surface area contributed by atoms with E-state index in [1.807, 2.05) is 0 Å². The molecule has 1 rings (SSSR count). The molecule has 0 amide bonds. The molecule has 1 aliphatic heterocycles. The monoisotopic (exact) mass is 200 g/mol. The van der Waals surface area contributed by atoms with Gasteiger partial charge >= 0.3 is 0 Å². The van der Waals surface area contributed by atoms with E-state index in [9.17, 15) is 0 Å². The molecular weight excluding hydrogens is 176 g/mol. The van der Waals surface area contributed by atoms with Crippen LogP contribution in [0, 0.1) is 5.92 Å². The van der Waals surface area contributed by atoms with Crippen LogP contribution in [0.15, 0.2) is 0 Å². The van der Waals surface area contributed by atoms with E-state index < -0.39 is 0 Å². The molecule has 0 aromatic heterocycles. The third kappa shape index (κ3) is 2.94. The summed E-state index contributed by atoms with van der Waals surface area (Å²) in [6, 6.07) is 0.319. The van der Waals surface area contributed by atoms with Crippen molar-refractivity contribution < 1.29 is 4.74 Å². The van der Waals surface area contributed by atoms with Gasteiger partial charge < -0.3 is 4.74 Å². The molecule has 4 unspecified atom stereocenters. The highest BCUT2D eigenvalue weighted by molar-refractivity contribution is 4.84. The molecule has 0 saturated carbocycles. The fourth-order valence-corrected chi connectivity index (χ4v) is 2.37. The Morgan fingerprint density at radius 3 is 2.64 bits per heavy atom. The molecule has 3 nitrogen and oxygen atoms in total. The normalized spacial score (nSPS) is 31.7. The summed E-state index contributed by atoms with van der Waals surface area (Å²) < 4.78 is 5.84. The average molecular weight is 200 g/mol. The number of hydrogen-bond acceptors (Lipinski definition) is 3. The van der Waals surface area contributed by atoms with Crippen molar-refractivity contribution in [2.24, 2.45) is 11.8 Å². The highest BCUT2D eigenvalue weighted by atomic mass is 16.5. The van der Waals surface area contributed by atoms with Crippen LogP contribution in [0.1, 0.15) is 46.5 Å². The van der Waals surface area contributed by atoms with Gasteiger partial charge in [0.1, 0.15) is 0 Å². The molecule has 0 aromatic carbocycles. The molecule has 84 valence electrons. The Kier molecular flexibility index (Phi) is 4.85. The lowest BCUT2D eigenvalue weighted by molar-refractivity contribution is 0.0181. The minimum Gasteiger partial charge on any atom is -0.374 e. The number of rotatable bonds is 5. The molecular formula is C11H24N2O. The summed E-state index contributed by atoms with van der Waals surface area (Å²) >= 11 is 0. The Balaban J connectivity index is 2.44. The first kappa shape index (κ1) is 12.0. The number of hydrogen-bond donors (Lipinski definition) is 2. The molecule has 3 heteroatoms. The Labute approximate surface area is 87.4 Å². The van der Waals surface area contributed by atoms with Crippen LogP contribution in [-0.4, -0.2) is 18.2 Å². The maximum Gasteiger partial charge on any atom is 0.0748 e. The van der Waals surface area contributed by atoms with Gasteiger partial charge in [-0.1, -0.05) is 20.3 Å². The van der Waals surface area contributed by atoms with Crippen molar-refractivity contribution in [3.8, 4) is 0 Å². The van der Waals surface area contributed by atoms with Crippen molar-refractivity contribution in [2.45, 2.75) is 64.7 Å². The fraction of sp³-hybridized carbons (Fsp3) is 1.00. The lowest BCUT2D eigenvalue weighted by Crippen LogP contribution is -2.48. The van der Waals surface area contributed by atoms with Gasteiger partial charge in [-0.15, -0.1) is 0 Å². The molecule has 14 heavy (non-hydrogen) atoms. The zero-order valence-corrected chi connectivity index (χ0v) is 9.62. The number of nitrogens with two attached hydrogens (primary N) is 1. The van der Waals surface area contributed by atoms with Gasteiger partial charge in [0.25, 0.3) is 0 Å². The van der Waals surface area contributed by atoms with E-state index >= 15 is 0 Å². The van der Waals surface area contributed by atoms with Gasteiger partial charge in [-0.2, -0.15) is 0 Å². The van der Waals surface area contributed by atoms with Crippen LogP contribution in [0.2, 0.25) is 0 Å². The van der Waals surface area contributed by atoms with Crippen LogP contribution < -0.4 is 11.3 Å². The van der Waals surface area contributed by atoms with Crippen molar-refractivity contribution in [2.75, 3.05) is 0 Å². The maximum atomic E-state index is 5.84. The van der Waals surface area contributed by atoms with Crippen molar-refractivity contribution in [3.63, 3.8) is 0 Å². The number of ether oxygens (including phenoxy) is 1. The maximum absolute atomic E-state index is 5.84. The third-order valence-corrected chi connectivity index (χ3v) is 3.21. The smallest absolute Gasteiger partial charge is 0.0748 e. The van der Waals surface area contributed by atoms with Crippen molar-refractivity contribution in [3.05, 3.63) is 0 Å². The second kappa shape index (κ2) is 5.69. The topological polar surface area (TPSA) is 47.3 Å². The van der Waals surface area contributed by atoms with E-state index in [1.54, 1.807) is 0 Å². The quantitative estimate of drug-likeness (QED) is 0.525. The number of hydrazine groups is 1. The Bertz CT molecular complexity index is 163. The minimum absolute atomic E-state index is 0.316. The highest BCUT2D eigenvalue weighted by Crippen LogP contribution is 2.26. The largest absolute Gasteiger partial charge is 0.374 e. The number of nitrogens with one attached hydrogen (secondary N) is 1. The molecule has 1 heterocycles. The summed E-state index contributed by atoms with van der Waals surface area (Å²) in [5, 5.41) is 0. The highest BCUT2D eigenvalue weighted by Gasteiger charge is 2.31. The molecule has 0 bridgehead atoms.